The number of amides is 2. The number of H-pyrrole nitrogens is 1. The van der Waals surface area contributed by atoms with Gasteiger partial charge in [0.25, 0.3) is 0 Å². The van der Waals surface area contributed by atoms with Crippen molar-refractivity contribution in [1.29, 1.82) is 0 Å². The van der Waals surface area contributed by atoms with Crippen molar-refractivity contribution in [2.45, 2.75) is 45.2 Å². The molecule has 2 atom stereocenters. The molecule has 0 bridgehead atoms. The van der Waals surface area contributed by atoms with Crippen LogP contribution in [0.25, 0.3) is 0 Å². The number of hydrogen-bond acceptors (Lipinski definition) is 5. The summed E-state index contributed by atoms with van der Waals surface area (Å²) in [5.41, 5.74) is 2.65. The molecule has 3 rings (SSSR count). The number of para-hydroxylation sites is 2. The lowest BCUT2D eigenvalue weighted by molar-refractivity contribution is -0.130. The van der Waals surface area contributed by atoms with Crippen LogP contribution in [0, 0.1) is 5.92 Å². The fourth-order valence-electron chi connectivity index (χ4n) is 3.72. The van der Waals surface area contributed by atoms with Gasteiger partial charge in [-0.1, -0.05) is 61.3 Å². The predicted octanol–water partition coefficient (Wildman–Crippen LogP) is 4.46. The van der Waals surface area contributed by atoms with Crippen molar-refractivity contribution in [3.8, 4) is 0 Å². The third kappa shape index (κ3) is 7.83. The van der Waals surface area contributed by atoms with Crippen molar-refractivity contribution in [3.05, 3.63) is 76.3 Å². The fourth-order valence-corrected chi connectivity index (χ4v) is 4.21. The third-order valence-corrected chi connectivity index (χ3v) is 6.07. The number of benzene rings is 2. The Morgan fingerprint density at radius 2 is 1.78 bits per heavy atom. The summed E-state index contributed by atoms with van der Waals surface area (Å²) in [6.45, 7) is 3.92. The van der Waals surface area contributed by atoms with Gasteiger partial charge < -0.3 is 25.7 Å². The number of aromatic nitrogens is 2. The molecule has 0 spiro atoms. The highest BCUT2D eigenvalue weighted by Crippen LogP contribution is 2.33. The quantitative estimate of drug-likeness (QED) is 0.258. The van der Waals surface area contributed by atoms with Gasteiger partial charge in [-0.3, -0.25) is 9.59 Å². The molecule has 4 N–H and O–H groups in total. The molecule has 0 saturated carbocycles. The lowest BCUT2D eigenvalue weighted by atomic mass is 10.0. The number of anilines is 2. The molecule has 3 aromatic rings. The summed E-state index contributed by atoms with van der Waals surface area (Å²) in [6, 6.07) is 11.0. The maximum absolute atomic E-state index is 13.0. The molecule has 10 heteroatoms. The molecule has 36 heavy (non-hydrogen) atoms. The standard InChI is InChI=1S/C26H29Cl2N5O3/c1-16(2)10-23(26(36)31-19(14-34)12-18-13-29-15-30-18)32-24(35)11-17-6-3-4-9-22(17)33-25-20(27)7-5-8-21(25)28/h3-9,13-16,19,23,33H,10-12H2,1-2H3,(H,29,30)(H,31,36)(H,32,35)/t19-,23-/m0/s1. The number of rotatable bonds is 12. The van der Waals surface area contributed by atoms with Crippen molar-refractivity contribution in [3.63, 3.8) is 0 Å². The van der Waals surface area contributed by atoms with Crippen LogP contribution >= 0.6 is 23.2 Å². The zero-order chi connectivity index (χ0) is 26.1. The molecule has 2 aromatic carbocycles. The zero-order valence-corrected chi connectivity index (χ0v) is 21.6. The Morgan fingerprint density at radius 3 is 2.42 bits per heavy atom. The van der Waals surface area contributed by atoms with Crippen LogP contribution in [-0.2, 0) is 27.2 Å². The molecule has 0 aliphatic heterocycles. The van der Waals surface area contributed by atoms with E-state index < -0.39 is 18.0 Å². The molecule has 0 aliphatic carbocycles. The zero-order valence-electron chi connectivity index (χ0n) is 20.1. The van der Waals surface area contributed by atoms with Crippen LogP contribution in [0.15, 0.2) is 55.0 Å². The first-order chi connectivity index (χ1) is 17.3. The number of carbonyl (C=O) groups excluding carboxylic acids is 3. The van der Waals surface area contributed by atoms with Crippen LogP contribution in [0.4, 0.5) is 11.4 Å². The topological polar surface area (TPSA) is 116 Å². The molecule has 0 unspecified atom stereocenters. The molecule has 8 nitrogen and oxygen atoms in total. The molecule has 0 radical (unpaired) electrons. The van der Waals surface area contributed by atoms with Gasteiger partial charge in [0, 0.05) is 24.0 Å². The smallest absolute Gasteiger partial charge is 0.243 e. The van der Waals surface area contributed by atoms with E-state index in [9.17, 15) is 14.4 Å². The van der Waals surface area contributed by atoms with Crippen molar-refractivity contribution < 1.29 is 14.4 Å². The number of nitrogens with zero attached hydrogens (tertiary/aromatic N) is 1. The average molecular weight is 530 g/mol. The Balaban J connectivity index is 1.69. The maximum Gasteiger partial charge on any atom is 0.243 e. The first-order valence-corrected chi connectivity index (χ1v) is 12.3. The Hall–Kier alpha value is -3.36. The summed E-state index contributed by atoms with van der Waals surface area (Å²) in [4.78, 5) is 44.4. The highest BCUT2D eigenvalue weighted by atomic mass is 35.5. The Morgan fingerprint density at radius 1 is 1.06 bits per heavy atom. The van der Waals surface area contributed by atoms with Gasteiger partial charge in [0.05, 0.1) is 34.5 Å². The van der Waals surface area contributed by atoms with Crippen molar-refractivity contribution in [2.24, 2.45) is 5.92 Å². The van der Waals surface area contributed by atoms with Crippen LogP contribution in [0.1, 0.15) is 31.5 Å². The first kappa shape index (κ1) is 27.2. The number of nitrogens with one attached hydrogen (secondary N) is 4. The van der Waals surface area contributed by atoms with Gasteiger partial charge in [-0.2, -0.15) is 0 Å². The summed E-state index contributed by atoms with van der Waals surface area (Å²) in [6.07, 6.45) is 4.50. The second-order valence-electron chi connectivity index (χ2n) is 8.84. The third-order valence-electron chi connectivity index (χ3n) is 5.44. The van der Waals surface area contributed by atoms with E-state index in [4.69, 9.17) is 23.2 Å². The number of aldehydes is 1. The second-order valence-corrected chi connectivity index (χ2v) is 9.65. The minimum atomic E-state index is -0.792. The normalized spacial score (nSPS) is 12.6. The number of aromatic amines is 1. The van der Waals surface area contributed by atoms with Crippen LogP contribution in [0.3, 0.4) is 0 Å². The molecule has 0 aliphatic rings. The summed E-state index contributed by atoms with van der Waals surface area (Å²) in [7, 11) is 0. The van der Waals surface area contributed by atoms with Crippen LogP contribution in [0.5, 0.6) is 0 Å². The van der Waals surface area contributed by atoms with Gasteiger partial charge in [0.15, 0.2) is 0 Å². The molecule has 1 heterocycles. The molecule has 1 aromatic heterocycles. The number of imidazole rings is 1. The monoisotopic (exact) mass is 529 g/mol. The number of hydrogen-bond donors (Lipinski definition) is 4. The highest BCUT2D eigenvalue weighted by Gasteiger charge is 2.25. The summed E-state index contributed by atoms with van der Waals surface area (Å²) in [5, 5.41) is 9.67. The van der Waals surface area contributed by atoms with E-state index in [1.165, 1.54) is 6.33 Å². The van der Waals surface area contributed by atoms with E-state index in [0.29, 0.717) is 39.7 Å². The second kappa shape index (κ2) is 13.1. The summed E-state index contributed by atoms with van der Waals surface area (Å²) >= 11 is 12.6. The van der Waals surface area contributed by atoms with E-state index >= 15 is 0 Å². The summed E-state index contributed by atoms with van der Waals surface area (Å²) < 4.78 is 0. The van der Waals surface area contributed by atoms with Crippen molar-refractivity contribution >= 4 is 52.7 Å². The lowest BCUT2D eigenvalue weighted by Gasteiger charge is -2.22. The van der Waals surface area contributed by atoms with Crippen molar-refractivity contribution in [2.75, 3.05) is 5.32 Å². The van der Waals surface area contributed by atoms with Gasteiger partial charge in [-0.25, -0.2) is 4.98 Å². The van der Waals surface area contributed by atoms with E-state index in [1.54, 1.807) is 24.4 Å². The molecule has 2 amide bonds. The summed E-state index contributed by atoms with van der Waals surface area (Å²) in [5.74, 6) is -0.603. The van der Waals surface area contributed by atoms with Crippen molar-refractivity contribution in [1.82, 2.24) is 20.6 Å². The fraction of sp³-hybridized carbons (Fsp3) is 0.308. The van der Waals surface area contributed by atoms with Gasteiger partial charge in [0.1, 0.15) is 12.3 Å². The van der Waals surface area contributed by atoms with Gasteiger partial charge in [-0.05, 0) is 36.1 Å². The Labute approximate surface area is 220 Å². The SMILES string of the molecule is CC(C)C[C@H](NC(=O)Cc1ccccc1Nc1c(Cl)cccc1Cl)C(=O)N[C@H](C=O)Cc1cnc[nH]1. The molecular weight excluding hydrogens is 501 g/mol. The lowest BCUT2D eigenvalue weighted by Crippen LogP contribution is -2.51. The predicted molar refractivity (Wildman–Crippen MR) is 142 cm³/mol. The van der Waals surface area contributed by atoms with Gasteiger partial charge in [-0.15, -0.1) is 0 Å². The Bertz CT molecular complexity index is 1160. The first-order valence-electron chi connectivity index (χ1n) is 11.6. The van der Waals surface area contributed by atoms with E-state index in [-0.39, 0.29) is 24.7 Å². The van der Waals surface area contributed by atoms with E-state index in [1.807, 2.05) is 38.1 Å². The minimum Gasteiger partial charge on any atom is -0.353 e. The molecule has 0 fully saturated rings. The number of halogens is 2. The van der Waals surface area contributed by atoms with Gasteiger partial charge in [0.2, 0.25) is 11.8 Å². The van der Waals surface area contributed by atoms with Crippen LogP contribution in [0.2, 0.25) is 10.0 Å². The van der Waals surface area contributed by atoms with Crippen LogP contribution in [-0.4, -0.2) is 40.2 Å². The number of carbonyl (C=O) groups is 3. The van der Waals surface area contributed by atoms with E-state index in [2.05, 4.69) is 25.9 Å². The average Bonchev–Trinajstić information content (AvgIpc) is 3.34. The molecule has 190 valence electrons. The van der Waals surface area contributed by atoms with E-state index in [0.717, 1.165) is 5.69 Å². The largest absolute Gasteiger partial charge is 0.353 e. The maximum atomic E-state index is 13.0. The van der Waals surface area contributed by atoms with Crippen LogP contribution < -0.4 is 16.0 Å². The molecule has 0 saturated heterocycles. The minimum absolute atomic E-state index is 0.0262. The molecular formula is C26H29Cl2N5O3. The highest BCUT2D eigenvalue weighted by molar-refractivity contribution is 6.39. The van der Waals surface area contributed by atoms with Gasteiger partial charge >= 0.3 is 0 Å². The Kier molecular flexibility index (Phi) is 9.90.